The zero-order valence-corrected chi connectivity index (χ0v) is 23.6. The zero-order chi connectivity index (χ0) is 28.5. The fourth-order valence-electron chi connectivity index (χ4n) is 3.75. The van der Waals surface area contributed by atoms with Gasteiger partial charge in [0.25, 0.3) is 0 Å². The predicted octanol–water partition coefficient (Wildman–Crippen LogP) is 6.03. The van der Waals surface area contributed by atoms with Gasteiger partial charge in [0.05, 0.1) is 35.6 Å². The number of hydrogen-bond donors (Lipinski definition) is 1. The average molecular weight is 601 g/mol. The van der Waals surface area contributed by atoms with Crippen LogP contribution in [0.1, 0.15) is 18.3 Å². The van der Waals surface area contributed by atoms with Gasteiger partial charge < -0.3 is 14.8 Å². The summed E-state index contributed by atoms with van der Waals surface area (Å²) in [6, 6.07) is 20.5. The van der Waals surface area contributed by atoms with Crippen LogP contribution in [0.5, 0.6) is 17.2 Å². The highest BCUT2D eigenvalue weighted by molar-refractivity contribution is 6.32. The van der Waals surface area contributed by atoms with Gasteiger partial charge in [-0.3, -0.25) is 9.69 Å². The molecule has 4 aromatic rings. The third-order valence-electron chi connectivity index (χ3n) is 5.69. The van der Waals surface area contributed by atoms with Crippen molar-refractivity contribution in [1.82, 2.24) is 25.1 Å². The van der Waals surface area contributed by atoms with Gasteiger partial charge in [-0.15, -0.1) is 5.10 Å². The molecule has 206 valence electrons. The van der Waals surface area contributed by atoms with E-state index >= 15 is 0 Å². The number of ether oxygens (including phenoxy) is 2. The van der Waals surface area contributed by atoms with Gasteiger partial charge in [-0.1, -0.05) is 53.0 Å². The van der Waals surface area contributed by atoms with Gasteiger partial charge >= 0.3 is 0 Å². The Balaban J connectivity index is 1.45. The number of rotatable bonds is 12. The molecule has 40 heavy (non-hydrogen) atoms. The summed E-state index contributed by atoms with van der Waals surface area (Å²) >= 11 is 18.7. The second kappa shape index (κ2) is 14.0. The van der Waals surface area contributed by atoms with Crippen molar-refractivity contribution in [2.75, 3.05) is 25.5 Å². The molecule has 0 bridgehead atoms. The molecule has 0 radical (unpaired) electrons. The smallest absolute Gasteiger partial charge is 0.238 e. The summed E-state index contributed by atoms with van der Waals surface area (Å²) in [5.74, 6) is 1.58. The Labute approximate surface area is 246 Å². The third-order valence-corrected chi connectivity index (χ3v) is 6.53. The van der Waals surface area contributed by atoms with Crippen LogP contribution in [-0.4, -0.2) is 51.2 Å². The molecule has 0 fully saturated rings. The van der Waals surface area contributed by atoms with Crippen LogP contribution in [0.2, 0.25) is 15.1 Å². The summed E-state index contributed by atoms with van der Waals surface area (Å²) in [7, 11) is 1.75. The first-order chi connectivity index (χ1) is 19.3. The van der Waals surface area contributed by atoms with Crippen LogP contribution >= 0.6 is 34.8 Å². The van der Waals surface area contributed by atoms with E-state index < -0.39 is 6.04 Å². The molecule has 3 aromatic carbocycles. The minimum atomic E-state index is -0.534. The maximum atomic E-state index is 13.0. The Morgan fingerprint density at radius 2 is 1.90 bits per heavy atom. The Bertz CT molecular complexity index is 1510. The number of likely N-dealkylation sites (N-methyl/N-ethyl adjacent to an activating group) is 1. The highest BCUT2D eigenvalue weighted by Gasteiger charge is 2.26. The molecule has 0 aliphatic heterocycles. The monoisotopic (exact) mass is 599 g/mol. The molecule has 1 N–H and O–H groups in total. The molecule has 0 spiro atoms. The summed E-state index contributed by atoms with van der Waals surface area (Å²) in [6.45, 7) is 0.366. The van der Waals surface area contributed by atoms with Crippen molar-refractivity contribution in [2.45, 2.75) is 19.0 Å². The number of nitrogens with zero attached hydrogens (tertiary/aromatic N) is 6. The van der Waals surface area contributed by atoms with Gasteiger partial charge in [0.2, 0.25) is 5.91 Å². The van der Waals surface area contributed by atoms with E-state index in [9.17, 15) is 4.79 Å². The maximum Gasteiger partial charge on any atom is 0.238 e. The molecule has 4 rings (SSSR count). The first-order valence-corrected chi connectivity index (χ1v) is 13.2. The molecule has 0 aliphatic carbocycles. The fraction of sp³-hybridized carbons (Fsp3) is 0.222. The van der Waals surface area contributed by atoms with Gasteiger partial charge in [-0.2, -0.15) is 5.26 Å². The van der Waals surface area contributed by atoms with E-state index in [0.717, 1.165) is 0 Å². The second-order valence-corrected chi connectivity index (χ2v) is 9.84. The van der Waals surface area contributed by atoms with Crippen molar-refractivity contribution in [3.05, 3.63) is 87.6 Å². The van der Waals surface area contributed by atoms with Crippen molar-refractivity contribution in [3.8, 4) is 23.3 Å². The number of carbonyl (C=O) groups is 1. The molecule has 1 amide bonds. The lowest BCUT2D eigenvalue weighted by molar-refractivity contribution is -0.117. The molecule has 0 saturated heterocycles. The number of tetrazole rings is 1. The minimum absolute atomic E-state index is 0.0277. The molecule has 10 nitrogen and oxygen atoms in total. The van der Waals surface area contributed by atoms with Crippen LogP contribution in [0.3, 0.4) is 0 Å². The predicted molar refractivity (Wildman–Crippen MR) is 152 cm³/mol. The average Bonchev–Trinajstić information content (AvgIpc) is 3.38. The second-order valence-electron chi connectivity index (χ2n) is 8.59. The van der Waals surface area contributed by atoms with Gasteiger partial charge in [0.15, 0.2) is 5.82 Å². The summed E-state index contributed by atoms with van der Waals surface area (Å²) in [6.07, 6.45) is 0.220. The molecule has 1 aromatic heterocycles. The minimum Gasteiger partial charge on any atom is -0.490 e. The van der Waals surface area contributed by atoms with E-state index in [2.05, 4.69) is 26.9 Å². The Hall–Kier alpha value is -3.88. The van der Waals surface area contributed by atoms with E-state index in [0.29, 0.717) is 50.4 Å². The van der Waals surface area contributed by atoms with Crippen LogP contribution in [0.4, 0.5) is 5.69 Å². The molecule has 13 heteroatoms. The van der Waals surface area contributed by atoms with Gasteiger partial charge in [0.1, 0.15) is 29.9 Å². The topological polar surface area (TPSA) is 118 Å². The van der Waals surface area contributed by atoms with Crippen LogP contribution in [0.15, 0.2) is 66.7 Å². The lowest BCUT2D eigenvalue weighted by Gasteiger charge is -2.26. The molecule has 0 saturated carbocycles. The van der Waals surface area contributed by atoms with E-state index in [4.69, 9.17) is 49.5 Å². The molecule has 1 heterocycles. The number of hydrogen-bond acceptors (Lipinski definition) is 8. The molecular weight excluding hydrogens is 577 g/mol. The van der Waals surface area contributed by atoms with Gasteiger partial charge in [-0.05, 0) is 66.0 Å². The fourth-order valence-corrected chi connectivity index (χ4v) is 4.34. The van der Waals surface area contributed by atoms with Gasteiger partial charge in [0, 0.05) is 10.7 Å². The van der Waals surface area contributed by atoms with Gasteiger partial charge in [-0.25, -0.2) is 4.68 Å². The van der Waals surface area contributed by atoms with Crippen molar-refractivity contribution < 1.29 is 14.3 Å². The number of anilines is 1. The standard InChI is InChI=1S/C27H24Cl3N7O3/c1-36(16-26(38)32-19-10-11-25(22(30)15-19)40-20-7-4-6-18(28)14-20)23(17-39-24-9-3-2-8-21(24)29)27-33-34-35-37(27)13-5-12-31/h2-4,6-11,14-15,23H,5,13,16-17H2,1H3,(H,32,38). The summed E-state index contributed by atoms with van der Waals surface area (Å²) < 4.78 is 13.3. The number of aromatic nitrogens is 4. The number of aryl methyl sites for hydroxylation is 1. The summed E-state index contributed by atoms with van der Waals surface area (Å²) in [5, 5.41) is 25.0. The van der Waals surface area contributed by atoms with E-state index in [-0.39, 0.29) is 25.5 Å². The van der Waals surface area contributed by atoms with E-state index in [1.807, 2.05) is 0 Å². The number of nitrogens with one attached hydrogen (secondary N) is 1. The third kappa shape index (κ3) is 7.83. The summed E-state index contributed by atoms with van der Waals surface area (Å²) in [4.78, 5) is 14.8. The van der Waals surface area contributed by atoms with Crippen molar-refractivity contribution in [2.24, 2.45) is 0 Å². The van der Waals surface area contributed by atoms with Crippen molar-refractivity contribution in [1.29, 1.82) is 5.26 Å². The Kier molecular flexibility index (Phi) is 10.2. The lowest BCUT2D eigenvalue weighted by atomic mass is 10.2. The van der Waals surface area contributed by atoms with Crippen LogP contribution in [0, 0.1) is 11.3 Å². The number of benzene rings is 3. The van der Waals surface area contributed by atoms with Crippen LogP contribution < -0.4 is 14.8 Å². The van der Waals surface area contributed by atoms with Crippen molar-refractivity contribution >= 4 is 46.4 Å². The quantitative estimate of drug-likeness (QED) is 0.209. The highest BCUT2D eigenvalue weighted by atomic mass is 35.5. The van der Waals surface area contributed by atoms with Crippen LogP contribution in [-0.2, 0) is 11.3 Å². The number of halogens is 3. The maximum absolute atomic E-state index is 13.0. The normalized spacial score (nSPS) is 11.6. The Morgan fingerprint density at radius 3 is 2.65 bits per heavy atom. The highest BCUT2D eigenvalue weighted by Crippen LogP contribution is 2.32. The molecule has 0 aliphatic rings. The van der Waals surface area contributed by atoms with Crippen molar-refractivity contribution in [3.63, 3.8) is 0 Å². The largest absolute Gasteiger partial charge is 0.490 e. The number of para-hydroxylation sites is 1. The summed E-state index contributed by atoms with van der Waals surface area (Å²) in [5.41, 5.74) is 0.490. The number of amides is 1. The first kappa shape index (κ1) is 29.1. The number of nitriles is 1. The van der Waals surface area contributed by atoms with E-state index in [1.165, 1.54) is 4.68 Å². The zero-order valence-electron chi connectivity index (χ0n) is 21.3. The van der Waals surface area contributed by atoms with Crippen LogP contribution in [0.25, 0.3) is 0 Å². The molecule has 1 unspecified atom stereocenters. The molecular formula is C27H24Cl3N7O3. The molecule has 1 atom stereocenters. The van der Waals surface area contributed by atoms with E-state index in [1.54, 1.807) is 78.7 Å². The lowest BCUT2D eigenvalue weighted by Crippen LogP contribution is -2.37. The Morgan fingerprint density at radius 1 is 1.07 bits per heavy atom. The first-order valence-electron chi connectivity index (χ1n) is 12.1. The SMILES string of the molecule is CN(CC(=O)Nc1ccc(Oc2cccc(Cl)c2)c(Cl)c1)C(COc1ccccc1Cl)c1nnnn1CCC#N. The number of carbonyl (C=O) groups excluding carboxylic acids is 1.